The molecule has 0 spiro atoms. The van der Waals surface area contributed by atoms with E-state index in [2.05, 4.69) is 45.1 Å². The van der Waals surface area contributed by atoms with Gasteiger partial charge in [0.2, 0.25) is 0 Å². The Morgan fingerprint density at radius 1 is 1.33 bits per heavy atom. The van der Waals surface area contributed by atoms with Crippen molar-refractivity contribution in [2.45, 2.75) is 31.6 Å². The molecule has 21 heavy (non-hydrogen) atoms. The Balaban J connectivity index is 1.84. The van der Waals surface area contributed by atoms with Crippen LogP contribution in [0.3, 0.4) is 0 Å². The largest absolute Gasteiger partial charge is 0.322 e. The van der Waals surface area contributed by atoms with Crippen LogP contribution >= 0.6 is 22.6 Å². The van der Waals surface area contributed by atoms with E-state index in [9.17, 15) is 4.79 Å². The molecule has 3 rings (SSSR count). The van der Waals surface area contributed by atoms with Gasteiger partial charge in [-0.25, -0.2) is 0 Å². The number of carbonyl (C=O) groups is 1. The molecular formula is C16H18IN3O. The highest BCUT2D eigenvalue weighted by atomic mass is 127. The second-order valence-electron chi connectivity index (χ2n) is 5.53. The molecule has 1 aromatic carbocycles. The number of hydrogen-bond donors (Lipinski definition) is 1. The fourth-order valence-corrected chi connectivity index (χ4v) is 3.73. The molecule has 0 saturated heterocycles. The van der Waals surface area contributed by atoms with Gasteiger partial charge in [-0.3, -0.25) is 9.48 Å². The van der Waals surface area contributed by atoms with Crippen molar-refractivity contribution >= 4 is 34.2 Å². The summed E-state index contributed by atoms with van der Waals surface area (Å²) in [6, 6.07) is 8.16. The molecule has 1 saturated carbocycles. The average Bonchev–Trinajstić information content (AvgIpc) is 3.09. The maximum atomic E-state index is 12.4. The van der Waals surface area contributed by atoms with Gasteiger partial charge in [0.15, 0.2) is 0 Å². The zero-order valence-electron chi connectivity index (χ0n) is 12.0. The van der Waals surface area contributed by atoms with Crippen LogP contribution in [0.1, 0.15) is 47.5 Å². The summed E-state index contributed by atoms with van der Waals surface area (Å²) in [5.41, 5.74) is 2.83. The Hall–Kier alpha value is -1.37. The third-order valence-electron chi connectivity index (χ3n) is 4.03. The van der Waals surface area contributed by atoms with Crippen molar-refractivity contribution in [2.75, 3.05) is 5.32 Å². The van der Waals surface area contributed by atoms with Gasteiger partial charge in [0.05, 0.1) is 5.56 Å². The fourth-order valence-electron chi connectivity index (χ4n) is 3.01. The van der Waals surface area contributed by atoms with Crippen LogP contribution in [-0.4, -0.2) is 15.7 Å². The van der Waals surface area contributed by atoms with Crippen LogP contribution in [0, 0.1) is 3.70 Å². The van der Waals surface area contributed by atoms with Gasteiger partial charge < -0.3 is 5.32 Å². The summed E-state index contributed by atoms with van der Waals surface area (Å²) in [7, 11) is 1.82. The van der Waals surface area contributed by atoms with Crippen molar-refractivity contribution in [2.24, 2.45) is 7.05 Å². The van der Waals surface area contributed by atoms with Gasteiger partial charge in [0, 0.05) is 18.9 Å². The summed E-state index contributed by atoms with van der Waals surface area (Å²) >= 11 is 2.09. The van der Waals surface area contributed by atoms with Crippen molar-refractivity contribution in [1.29, 1.82) is 0 Å². The van der Waals surface area contributed by atoms with Crippen LogP contribution in [0.15, 0.2) is 30.5 Å². The summed E-state index contributed by atoms with van der Waals surface area (Å²) in [6.45, 7) is 0. The van der Waals surface area contributed by atoms with Crippen LogP contribution < -0.4 is 5.32 Å². The molecular weight excluding hydrogens is 377 g/mol. The van der Waals surface area contributed by atoms with Gasteiger partial charge in [0.1, 0.15) is 3.70 Å². The molecule has 0 aliphatic heterocycles. The second-order valence-corrected chi connectivity index (χ2v) is 6.55. The Morgan fingerprint density at radius 2 is 2.05 bits per heavy atom. The summed E-state index contributed by atoms with van der Waals surface area (Å²) in [6.07, 6.45) is 6.77. The molecule has 0 radical (unpaired) electrons. The average molecular weight is 395 g/mol. The Kier molecular flexibility index (Phi) is 4.28. The number of halogens is 1. The molecule has 1 heterocycles. The van der Waals surface area contributed by atoms with E-state index in [1.807, 2.05) is 19.2 Å². The van der Waals surface area contributed by atoms with Gasteiger partial charge in [-0.05, 0) is 53.0 Å². The predicted octanol–water partition coefficient (Wildman–Crippen LogP) is 3.93. The first-order valence-electron chi connectivity index (χ1n) is 7.24. The maximum absolute atomic E-state index is 12.4. The van der Waals surface area contributed by atoms with Gasteiger partial charge in [0.25, 0.3) is 5.91 Å². The zero-order valence-corrected chi connectivity index (χ0v) is 14.1. The van der Waals surface area contributed by atoms with E-state index < -0.39 is 0 Å². The third kappa shape index (κ3) is 3.12. The lowest BCUT2D eigenvalue weighted by Gasteiger charge is -2.15. The molecule has 0 atom stereocenters. The smallest absolute Gasteiger partial charge is 0.259 e. The summed E-state index contributed by atoms with van der Waals surface area (Å²) in [5, 5.41) is 7.28. The third-order valence-corrected chi connectivity index (χ3v) is 4.83. The number of rotatable bonds is 3. The number of nitrogens with one attached hydrogen (secondary N) is 1. The van der Waals surface area contributed by atoms with Crippen LogP contribution in [0.25, 0.3) is 0 Å². The minimum atomic E-state index is -0.0852. The van der Waals surface area contributed by atoms with E-state index in [4.69, 9.17) is 0 Å². The van der Waals surface area contributed by atoms with Crippen LogP contribution in [0.5, 0.6) is 0 Å². The van der Waals surface area contributed by atoms with Crippen molar-refractivity contribution in [3.8, 4) is 0 Å². The zero-order chi connectivity index (χ0) is 14.8. The number of benzene rings is 1. The van der Waals surface area contributed by atoms with E-state index in [1.165, 1.54) is 31.2 Å². The van der Waals surface area contributed by atoms with E-state index >= 15 is 0 Å². The maximum Gasteiger partial charge on any atom is 0.259 e. The normalized spacial score (nSPS) is 15.3. The summed E-state index contributed by atoms with van der Waals surface area (Å²) in [4.78, 5) is 12.4. The molecule has 0 unspecified atom stereocenters. The van der Waals surface area contributed by atoms with Crippen LogP contribution in [0.2, 0.25) is 0 Å². The van der Waals surface area contributed by atoms with Gasteiger partial charge in [-0.15, -0.1) is 0 Å². The van der Waals surface area contributed by atoms with Crippen molar-refractivity contribution in [1.82, 2.24) is 9.78 Å². The van der Waals surface area contributed by atoms with Gasteiger partial charge >= 0.3 is 0 Å². The van der Waals surface area contributed by atoms with E-state index in [0.717, 1.165) is 9.39 Å². The minimum Gasteiger partial charge on any atom is -0.322 e. The molecule has 110 valence electrons. The minimum absolute atomic E-state index is 0.0852. The number of aryl methyl sites for hydroxylation is 1. The molecule has 1 aliphatic carbocycles. The first-order chi connectivity index (χ1) is 10.1. The Labute approximate surface area is 138 Å². The number of amides is 1. The molecule has 1 aliphatic rings. The van der Waals surface area contributed by atoms with Crippen molar-refractivity contribution in [3.63, 3.8) is 0 Å². The van der Waals surface area contributed by atoms with Crippen LogP contribution in [-0.2, 0) is 7.05 Å². The highest BCUT2D eigenvalue weighted by Crippen LogP contribution is 2.37. The van der Waals surface area contributed by atoms with E-state index in [-0.39, 0.29) is 5.91 Å². The molecule has 1 N–H and O–H groups in total. The lowest BCUT2D eigenvalue weighted by molar-refractivity contribution is 0.102. The standard InChI is InChI=1S/C16H18IN3O/c1-20-10-13(15(17)19-20)16(21)18-14-9-5-4-8-12(14)11-6-2-3-7-11/h4-5,8-11H,2-3,6-7H2,1H3,(H,18,21). The van der Waals surface area contributed by atoms with E-state index in [1.54, 1.807) is 10.9 Å². The highest BCUT2D eigenvalue weighted by Gasteiger charge is 2.21. The first-order valence-corrected chi connectivity index (χ1v) is 8.32. The molecule has 2 aromatic rings. The molecule has 1 fully saturated rings. The van der Waals surface area contributed by atoms with Gasteiger partial charge in [-0.1, -0.05) is 31.0 Å². The van der Waals surface area contributed by atoms with Crippen LogP contribution in [0.4, 0.5) is 5.69 Å². The SMILES string of the molecule is Cn1cc(C(=O)Nc2ccccc2C2CCCC2)c(I)n1. The molecule has 4 nitrogen and oxygen atoms in total. The topological polar surface area (TPSA) is 46.9 Å². The number of anilines is 1. The molecule has 5 heteroatoms. The number of carbonyl (C=O) groups excluding carboxylic acids is 1. The van der Waals surface area contributed by atoms with Crippen molar-refractivity contribution in [3.05, 3.63) is 45.3 Å². The lowest BCUT2D eigenvalue weighted by Crippen LogP contribution is -2.14. The highest BCUT2D eigenvalue weighted by molar-refractivity contribution is 14.1. The number of para-hydroxylation sites is 1. The second kappa shape index (κ2) is 6.17. The fraction of sp³-hybridized carbons (Fsp3) is 0.375. The molecule has 1 amide bonds. The predicted molar refractivity (Wildman–Crippen MR) is 91.5 cm³/mol. The molecule has 0 bridgehead atoms. The molecule has 1 aromatic heterocycles. The summed E-state index contributed by atoms with van der Waals surface area (Å²) in [5.74, 6) is 0.493. The van der Waals surface area contributed by atoms with Crippen molar-refractivity contribution < 1.29 is 4.79 Å². The van der Waals surface area contributed by atoms with Gasteiger partial charge in [-0.2, -0.15) is 5.10 Å². The number of aromatic nitrogens is 2. The monoisotopic (exact) mass is 395 g/mol. The number of nitrogens with zero attached hydrogens (tertiary/aromatic N) is 2. The Bertz CT molecular complexity index is 659. The first kappa shape index (κ1) is 14.6. The summed E-state index contributed by atoms with van der Waals surface area (Å²) < 4.78 is 2.39. The van der Waals surface area contributed by atoms with E-state index in [0.29, 0.717) is 11.5 Å². The Morgan fingerprint density at radius 3 is 2.71 bits per heavy atom. The number of hydrogen-bond acceptors (Lipinski definition) is 2. The quantitative estimate of drug-likeness (QED) is 0.801. The lowest BCUT2D eigenvalue weighted by atomic mass is 9.96.